The van der Waals surface area contributed by atoms with E-state index in [-0.39, 0.29) is 5.41 Å². The average Bonchev–Trinajstić information content (AvgIpc) is 2.66. The highest BCUT2D eigenvalue weighted by Gasteiger charge is 2.22. The second-order valence-corrected chi connectivity index (χ2v) is 12.1. The van der Waals surface area contributed by atoms with Gasteiger partial charge in [-0.25, -0.2) is 0 Å². The van der Waals surface area contributed by atoms with Crippen molar-refractivity contribution >= 4 is 0 Å². The van der Waals surface area contributed by atoms with Crippen molar-refractivity contribution in [1.82, 2.24) is 0 Å². The van der Waals surface area contributed by atoms with Gasteiger partial charge in [0, 0.05) is 5.41 Å². The van der Waals surface area contributed by atoms with Crippen LogP contribution in [0.5, 0.6) is 0 Å². The normalized spacial score (nSPS) is 17.7. The summed E-state index contributed by atoms with van der Waals surface area (Å²) in [6.45, 7) is 20.5. The lowest BCUT2D eigenvalue weighted by atomic mass is 9.81. The van der Waals surface area contributed by atoms with E-state index in [0.29, 0.717) is 0 Å². The Morgan fingerprint density at radius 2 is 1.03 bits per heavy atom. The predicted molar refractivity (Wildman–Crippen MR) is 140 cm³/mol. The van der Waals surface area contributed by atoms with Gasteiger partial charge < -0.3 is 5.11 Å². The summed E-state index contributed by atoms with van der Waals surface area (Å²) in [5.41, 5.74) is -0.815. The molecule has 0 aromatic rings. The van der Waals surface area contributed by atoms with Gasteiger partial charge in [0.2, 0.25) is 0 Å². The molecule has 0 aromatic heterocycles. The standard InChI is InChI=1S/C30H58O/c1-10-29(8,21-13-19-27(6)17-11-15-25(2)3)23-24-30(9,31)22-14-20-28(7)18-12-16-26(4)5/h25-28,31H,10-22H2,1-9H3. The van der Waals surface area contributed by atoms with E-state index in [0.717, 1.165) is 49.4 Å². The summed E-state index contributed by atoms with van der Waals surface area (Å²) >= 11 is 0. The Hall–Kier alpha value is -0.480. The van der Waals surface area contributed by atoms with Gasteiger partial charge in [0.15, 0.2) is 0 Å². The molecular formula is C30H58O. The van der Waals surface area contributed by atoms with E-state index in [2.05, 4.69) is 67.2 Å². The molecule has 0 aromatic carbocycles. The Morgan fingerprint density at radius 3 is 1.45 bits per heavy atom. The van der Waals surface area contributed by atoms with Gasteiger partial charge in [-0.2, -0.15) is 0 Å². The lowest BCUT2D eigenvalue weighted by Gasteiger charge is -2.24. The minimum Gasteiger partial charge on any atom is -0.378 e. The maximum absolute atomic E-state index is 10.8. The number of rotatable bonds is 17. The van der Waals surface area contributed by atoms with Crippen LogP contribution in [0.25, 0.3) is 0 Å². The van der Waals surface area contributed by atoms with Crippen LogP contribution >= 0.6 is 0 Å². The van der Waals surface area contributed by atoms with Gasteiger partial charge in [-0.1, -0.05) is 118 Å². The minimum atomic E-state index is -0.849. The monoisotopic (exact) mass is 434 g/mol. The molecule has 1 nitrogen and oxygen atoms in total. The molecule has 0 aliphatic rings. The smallest absolute Gasteiger partial charge is 0.122 e. The van der Waals surface area contributed by atoms with Crippen molar-refractivity contribution in [3.05, 3.63) is 0 Å². The number of aliphatic hydroxyl groups is 1. The highest BCUT2D eigenvalue weighted by Crippen LogP contribution is 2.30. The molecule has 1 N–H and O–H groups in total. The fourth-order valence-corrected chi connectivity index (χ4v) is 4.35. The summed E-state index contributed by atoms with van der Waals surface area (Å²) < 4.78 is 0. The molecule has 0 saturated carbocycles. The maximum atomic E-state index is 10.8. The third kappa shape index (κ3) is 17.7. The number of hydrogen-bond donors (Lipinski definition) is 1. The molecule has 0 amide bonds. The Labute approximate surface area is 197 Å². The van der Waals surface area contributed by atoms with Crippen molar-refractivity contribution in [2.75, 3.05) is 0 Å². The molecule has 31 heavy (non-hydrogen) atoms. The molecule has 0 heterocycles. The molecule has 0 rings (SSSR count). The molecule has 4 unspecified atom stereocenters. The molecule has 0 spiro atoms. The molecule has 1 heteroatoms. The fraction of sp³-hybridized carbons (Fsp3) is 0.933. The van der Waals surface area contributed by atoms with E-state index >= 15 is 0 Å². The predicted octanol–water partition coefficient (Wildman–Crippen LogP) is 9.42. The van der Waals surface area contributed by atoms with Crippen molar-refractivity contribution < 1.29 is 5.11 Å². The van der Waals surface area contributed by atoms with E-state index in [1.165, 1.54) is 57.8 Å². The quantitative estimate of drug-likeness (QED) is 0.226. The topological polar surface area (TPSA) is 20.2 Å². The summed E-state index contributed by atoms with van der Waals surface area (Å²) in [6.07, 6.45) is 15.9. The largest absolute Gasteiger partial charge is 0.378 e. The first-order valence-corrected chi connectivity index (χ1v) is 13.7. The van der Waals surface area contributed by atoms with Crippen molar-refractivity contribution in [2.24, 2.45) is 29.1 Å². The zero-order chi connectivity index (χ0) is 23.9. The van der Waals surface area contributed by atoms with Crippen molar-refractivity contribution in [1.29, 1.82) is 0 Å². The number of hydrogen-bond acceptors (Lipinski definition) is 1. The fourth-order valence-electron chi connectivity index (χ4n) is 4.35. The lowest BCUT2D eigenvalue weighted by molar-refractivity contribution is 0.107. The SMILES string of the molecule is CCC(C)(C#CC(C)(O)CCCC(C)CCCC(C)C)CCCC(C)CCCC(C)C. The van der Waals surface area contributed by atoms with Gasteiger partial charge in [0.05, 0.1) is 0 Å². The summed E-state index contributed by atoms with van der Waals surface area (Å²) in [5.74, 6) is 9.98. The van der Waals surface area contributed by atoms with Crippen LogP contribution in [-0.2, 0) is 0 Å². The first kappa shape index (κ1) is 30.5. The van der Waals surface area contributed by atoms with Gasteiger partial charge in [0.1, 0.15) is 5.60 Å². The molecule has 0 bridgehead atoms. The van der Waals surface area contributed by atoms with Crippen LogP contribution < -0.4 is 0 Å². The molecule has 0 aliphatic carbocycles. The third-order valence-electron chi connectivity index (χ3n) is 7.16. The molecule has 0 saturated heterocycles. The van der Waals surface area contributed by atoms with Crippen molar-refractivity contribution in [3.63, 3.8) is 0 Å². The third-order valence-corrected chi connectivity index (χ3v) is 7.16. The van der Waals surface area contributed by atoms with E-state index < -0.39 is 5.60 Å². The molecule has 184 valence electrons. The summed E-state index contributed by atoms with van der Waals surface area (Å²) in [7, 11) is 0. The van der Waals surface area contributed by atoms with Crippen LogP contribution in [0.4, 0.5) is 0 Å². The van der Waals surface area contributed by atoms with Crippen LogP contribution in [0, 0.1) is 40.9 Å². The Bertz CT molecular complexity index is 492. The molecular weight excluding hydrogens is 376 g/mol. The first-order valence-electron chi connectivity index (χ1n) is 13.7. The second kappa shape index (κ2) is 16.2. The highest BCUT2D eigenvalue weighted by atomic mass is 16.3. The van der Waals surface area contributed by atoms with Crippen LogP contribution in [-0.4, -0.2) is 10.7 Å². The first-order chi connectivity index (χ1) is 14.4. The molecule has 4 atom stereocenters. The summed E-state index contributed by atoms with van der Waals surface area (Å²) in [4.78, 5) is 0. The molecule has 0 fully saturated rings. The van der Waals surface area contributed by atoms with Gasteiger partial charge in [-0.3, -0.25) is 0 Å². The van der Waals surface area contributed by atoms with Crippen molar-refractivity contribution in [2.45, 2.75) is 151 Å². The van der Waals surface area contributed by atoms with Gasteiger partial charge >= 0.3 is 0 Å². The zero-order valence-corrected chi connectivity index (χ0v) is 22.9. The van der Waals surface area contributed by atoms with Gasteiger partial charge in [-0.05, 0) is 63.2 Å². The van der Waals surface area contributed by atoms with Gasteiger partial charge in [0.25, 0.3) is 0 Å². The Morgan fingerprint density at radius 1 is 0.613 bits per heavy atom. The Kier molecular flexibility index (Phi) is 15.9. The van der Waals surface area contributed by atoms with Crippen LogP contribution in [0.15, 0.2) is 0 Å². The van der Waals surface area contributed by atoms with E-state index in [4.69, 9.17) is 0 Å². The van der Waals surface area contributed by atoms with Gasteiger partial charge in [-0.15, -0.1) is 0 Å². The van der Waals surface area contributed by atoms with E-state index in [1.54, 1.807) is 0 Å². The molecule has 0 aliphatic heterocycles. The van der Waals surface area contributed by atoms with Crippen LogP contribution in [0.1, 0.15) is 146 Å². The lowest BCUT2D eigenvalue weighted by Crippen LogP contribution is -2.23. The molecule has 0 radical (unpaired) electrons. The Balaban J connectivity index is 4.36. The summed E-state index contributed by atoms with van der Waals surface area (Å²) in [5, 5.41) is 10.8. The minimum absolute atomic E-state index is 0.0335. The summed E-state index contributed by atoms with van der Waals surface area (Å²) in [6, 6.07) is 0. The highest BCUT2D eigenvalue weighted by molar-refractivity contribution is 5.17. The zero-order valence-electron chi connectivity index (χ0n) is 22.9. The average molecular weight is 435 g/mol. The maximum Gasteiger partial charge on any atom is 0.122 e. The second-order valence-electron chi connectivity index (χ2n) is 12.1. The van der Waals surface area contributed by atoms with E-state index in [9.17, 15) is 5.11 Å². The van der Waals surface area contributed by atoms with Crippen molar-refractivity contribution in [3.8, 4) is 11.8 Å². The van der Waals surface area contributed by atoms with Crippen LogP contribution in [0.3, 0.4) is 0 Å². The van der Waals surface area contributed by atoms with Crippen LogP contribution in [0.2, 0.25) is 0 Å². The van der Waals surface area contributed by atoms with E-state index in [1.807, 2.05) is 6.92 Å².